The van der Waals surface area contributed by atoms with Crippen LogP contribution in [0.3, 0.4) is 0 Å². The minimum absolute atomic E-state index is 0.00343. The molecular formula is C18H15BrFNO3. The highest BCUT2D eigenvalue weighted by Crippen LogP contribution is 2.44. The Hall–Kier alpha value is -1.66. The molecular weight excluding hydrogens is 377 g/mol. The highest BCUT2D eigenvalue weighted by atomic mass is 79.9. The van der Waals surface area contributed by atoms with Crippen molar-refractivity contribution in [3.8, 4) is 0 Å². The first-order valence-electron chi connectivity index (χ1n) is 7.95. The second-order valence-electron chi connectivity index (χ2n) is 6.33. The number of benzene rings is 1. The standard InChI is InChI=1S/C18H15BrFNO3/c19-10-6-9(4-5-11(10)20)16-17-12(2-1-3-14(17)22)21-13-7-24-8-15(23)18(13)16/h4-6,16-17H,1-3,7-8H2. The number of ketones is 2. The van der Waals surface area contributed by atoms with Gasteiger partial charge in [0.25, 0.3) is 0 Å². The summed E-state index contributed by atoms with van der Waals surface area (Å²) < 4.78 is 19.3. The van der Waals surface area contributed by atoms with Crippen molar-refractivity contribution < 1.29 is 18.7 Å². The van der Waals surface area contributed by atoms with Gasteiger partial charge in [0.2, 0.25) is 0 Å². The third-order valence-electron chi connectivity index (χ3n) is 4.87. The van der Waals surface area contributed by atoms with Gasteiger partial charge >= 0.3 is 0 Å². The topological polar surface area (TPSA) is 55.7 Å². The van der Waals surface area contributed by atoms with Crippen LogP contribution in [0.5, 0.6) is 0 Å². The van der Waals surface area contributed by atoms with Crippen molar-refractivity contribution in [2.75, 3.05) is 13.2 Å². The highest BCUT2D eigenvalue weighted by Gasteiger charge is 2.44. The molecule has 0 radical (unpaired) electrons. The largest absolute Gasteiger partial charge is 0.367 e. The number of nitrogens with zero attached hydrogens (tertiary/aromatic N) is 1. The summed E-state index contributed by atoms with van der Waals surface area (Å²) in [5.74, 6) is -1.21. The molecule has 1 aromatic carbocycles. The Morgan fingerprint density at radius 2 is 2.00 bits per heavy atom. The van der Waals surface area contributed by atoms with E-state index in [1.807, 2.05) is 0 Å². The Morgan fingerprint density at radius 1 is 1.17 bits per heavy atom. The Bertz CT molecular complexity index is 814. The molecule has 3 aliphatic rings. The van der Waals surface area contributed by atoms with E-state index >= 15 is 0 Å². The maximum absolute atomic E-state index is 13.6. The van der Waals surface area contributed by atoms with Gasteiger partial charge in [-0.15, -0.1) is 0 Å². The molecule has 0 aromatic heterocycles. The van der Waals surface area contributed by atoms with Gasteiger partial charge in [-0.25, -0.2) is 4.39 Å². The van der Waals surface area contributed by atoms with Crippen LogP contribution in [-0.2, 0) is 14.3 Å². The quantitative estimate of drug-likeness (QED) is 0.737. The zero-order valence-electron chi connectivity index (χ0n) is 12.9. The van der Waals surface area contributed by atoms with E-state index in [1.165, 1.54) is 6.07 Å². The Morgan fingerprint density at radius 3 is 2.79 bits per heavy atom. The fourth-order valence-electron chi connectivity index (χ4n) is 3.85. The lowest BCUT2D eigenvalue weighted by Gasteiger charge is -2.37. The molecule has 6 heteroatoms. The average molecular weight is 392 g/mol. The van der Waals surface area contributed by atoms with Crippen molar-refractivity contribution in [3.63, 3.8) is 0 Å². The molecule has 0 bridgehead atoms. The number of fused-ring (bicyclic) bond motifs is 1. The van der Waals surface area contributed by atoms with Gasteiger partial charge in [0, 0.05) is 23.6 Å². The molecule has 4 rings (SSSR count). The maximum Gasteiger partial charge on any atom is 0.187 e. The van der Waals surface area contributed by atoms with Crippen molar-refractivity contribution >= 4 is 33.2 Å². The first kappa shape index (κ1) is 15.8. The lowest BCUT2D eigenvalue weighted by Crippen LogP contribution is -2.41. The van der Waals surface area contributed by atoms with Crippen molar-refractivity contribution in [3.05, 3.63) is 45.3 Å². The van der Waals surface area contributed by atoms with Crippen LogP contribution in [0.25, 0.3) is 0 Å². The summed E-state index contributed by atoms with van der Waals surface area (Å²) in [6.45, 7) is 0.286. The Labute approximate surface area is 146 Å². The molecule has 1 aromatic rings. The van der Waals surface area contributed by atoms with Crippen molar-refractivity contribution in [1.29, 1.82) is 0 Å². The fourth-order valence-corrected chi connectivity index (χ4v) is 4.25. The molecule has 1 aliphatic carbocycles. The van der Waals surface area contributed by atoms with Crippen LogP contribution in [0.4, 0.5) is 4.39 Å². The lowest BCUT2D eigenvalue weighted by atomic mass is 9.68. The Balaban J connectivity index is 1.91. The van der Waals surface area contributed by atoms with Crippen LogP contribution in [0.15, 0.2) is 38.9 Å². The normalized spacial score (nSPS) is 26.8. The van der Waals surface area contributed by atoms with Gasteiger partial charge in [0.05, 0.1) is 22.7 Å². The third kappa shape index (κ3) is 2.48. The van der Waals surface area contributed by atoms with Crippen molar-refractivity contribution in [2.45, 2.75) is 25.2 Å². The molecule has 2 aliphatic heterocycles. The van der Waals surface area contributed by atoms with E-state index in [9.17, 15) is 14.0 Å². The number of hydrogen-bond donors (Lipinski definition) is 0. The molecule has 4 nitrogen and oxygen atoms in total. The molecule has 0 spiro atoms. The van der Waals surface area contributed by atoms with Gasteiger partial charge in [-0.2, -0.15) is 0 Å². The summed E-state index contributed by atoms with van der Waals surface area (Å²) in [6.07, 6.45) is 2.03. The number of Topliss-reactive ketones (excluding diaryl/α,β-unsaturated/α-hetero) is 2. The predicted octanol–water partition coefficient (Wildman–Crippen LogP) is 3.35. The maximum atomic E-state index is 13.6. The van der Waals surface area contributed by atoms with E-state index < -0.39 is 11.8 Å². The van der Waals surface area contributed by atoms with Crippen LogP contribution in [-0.4, -0.2) is 30.5 Å². The van der Waals surface area contributed by atoms with Gasteiger partial charge in [-0.3, -0.25) is 14.6 Å². The number of aliphatic imine (C=N–C) groups is 1. The number of carbonyl (C=O) groups excluding carboxylic acids is 2. The first-order chi connectivity index (χ1) is 11.6. The van der Waals surface area contributed by atoms with E-state index in [1.54, 1.807) is 12.1 Å². The number of halogens is 2. The molecule has 2 atom stereocenters. The molecule has 1 fully saturated rings. The van der Waals surface area contributed by atoms with Crippen molar-refractivity contribution in [2.24, 2.45) is 10.9 Å². The number of rotatable bonds is 1. The molecule has 0 amide bonds. The van der Waals surface area contributed by atoms with Crippen LogP contribution < -0.4 is 0 Å². The second kappa shape index (κ2) is 6.01. The molecule has 0 saturated heterocycles. The van der Waals surface area contributed by atoms with Gasteiger partial charge < -0.3 is 4.74 Å². The van der Waals surface area contributed by atoms with Crippen LogP contribution >= 0.6 is 15.9 Å². The molecule has 2 unspecified atom stereocenters. The number of carbonyl (C=O) groups is 2. The number of ether oxygens (including phenoxy) is 1. The molecule has 24 heavy (non-hydrogen) atoms. The van der Waals surface area contributed by atoms with Crippen molar-refractivity contribution in [1.82, 2.24) is 0 Å². The van der Waals surface area contributed by atoms with Gasteiger partial charge in [0.15, 0.2) is 5.78 Å². The van der Waals surface area contributed by atoms with E-state index in [0.717, 1.165) is 24.1 Å². The summed E-state index contributed by atoms with van der Waals surface area (Å²) in [4.78, 5) is 29.7. The Kier molecular flexibility index (Phi) is 3.96. The van der Waals surface area contributed by atoms with Gasteiger partial charge in [-0.1, -0.05) is 6.07 Å². The zero-order chi connectivity index (χ0) is 16.8. The minimum atomic E-state index is -0.420. The molecule has 1 saturated carbocycles. The predicted molar refractivity (Wildman–Crippen MR) is 89.5 cm³/mol. The smallest absolute Gasteiger partial charge is 0.187 e. The first-order valence-corrected chi connectivity index (χ1v) is 8.74. The van der Waals surface area contributed by atoms with Crippen LogP contribution in [0.2, 0.25) is 0 Å². The summed E-state index contributed by atoms with van der Waals surface area (Å²) in [7, 11) is 0. The van der Waals surface area contributed by atoms with Crippen LogP contribution in [0.1, 0.15) is 30.7 Å². The SMILES string of the molecule is O=C1COCC2=C1C(c1ccc(F)c(Br)c1)C1C(=O)CCCC1=N2. The van der Waals surface area contributed by atoms with E-state index in [0.29, 0.717) is 22.2 Å². The van der Waals surface area contributed by atoms with E-state index in [4.69, 9.17) is 4.74 Å². The summed E-state index contributed by atoms with van der Waals surface area (Å²) in [5, 5.41) is 0. The summed E-state index contributed by atoms with van der Waals surface area (Å²) >= 11 is 3.20. The minimum Gasteiger partial charge on any atom is -0.367 e. The second-order valence-corrected chi connectivity index (χ2v) is 7.18. The summed E-state index contributed by atoms with van der Waals surface area (Å²) in [6, 6.07) is 4.68. The molecule has 0 N–H and O–H groups in total. The van der Waals surface area contributed by atoms with Crippen LogP contribution in [0, 0.1) is 11.7 Å². The number of hydrogen-bond acceptors (Lipinski definition) is 4. The summed E-state index contributed by atoms with van der Waals surface area (Å²) in [5.41, 5.74) is 2.77. The van der Waals surface area contributed by atoms with Gasteiger partial charge in [0.1, 0.15) is 18.2 Å². The monoisotopic (exact) mass is 391 g/mol. The molecule has 124 valence electrons. The van der Waals surface area contributed by atoms with Gasteiger partial charge in [-0.05, 0) is 46.5 Å². The zero-order valence-corrected chi connectivity index (χ0v) is 14.4. The fraction of sp³-hybridized carbons (Fsp3) is 0.389. The average Bonchev–Trinajstić information content (AvgIpc) is 2.56. The van der Waals surface area contributed by atoms with E-state index in [2.05, 4.69) is 20.9 Å². The molecule has 2 heterocycles. The third-order valence-corrected chi connectivity index (χ3v) is 5.48. The lowest BCUT2D eigenvalue weighted by molar-refractivity contribution is -0.123. The van der Waals surface area contributed by atoms with E-state index in [-0.39, 0.29) is 30.6 Å². The highest BCUT2D eigenvalue weighted by molar-refractivity contribution is 9.10.